The van der Waals surface area contributed by atoms with Crippen molar-refractivity contribution in [3.63, 3.8) is 0 Å². The Labute approximate surface area is 136 Å². The van der Waals surface area contributed by atoms with Crippen molar-refractivity contribution in [3.8, 4) is 5.75 Å². The number of benzene rings is 1. The van der Waals surface area contributed by atoms with Crippen LogP contribution in [0.2, 0.25) is 5.02 Å². The topological polar surface area (TPSA) is 50.4 Å². The highest BCUT2D eigenvalue weighted by atomic mass is 35.5. The molecule has 0 bridgehead atoms. The fraction of sp³-hybridized carbons (Fsp3) is 0.533. The molecule has 2 N–H and O–H groups in total. The molecule has 1 amide bonds. The number of carbonyl (C=O) groups is 1. The fourth-order valence-electron chi connectivity index (χ4n) is 2.90. The van der Waals surface area contributed by atoms with Crippen LogP contribution in [-0.4, -0.2) is 25.6 Å². The molecule has 0 spiro atoms. The normalized spacial score (nSPS) is 24.2. The zero-order valence-corrected chi connectivity index (χ0v) is 13.3. The molecule has 0 aromatic heterocycles. The van der Waals surface area contributed by atoms with Crippen LogP contribution >= 0.6 is 24.0 Å². The standard InChI is InChI=1S/C15H19ClN2O2.ClH/c16-12-5-1-4-11-13(6-8-20-14(11)12)18-15(19)10-3-2-7-17-9-10;/h1,4-5,10,13,17H,2-3,6-9H2,(H,18,19);1H. The van der Waals surface area contributed by atoms with Gasteiger partial charge in [-0.05, 0) is 25.5 Å². The van der Waals surface area contributed by atoms with E-state index in [2.05, 4.69) is 10.6 Å². The number of para-hydroxylation sites is 1. The van der Waals surface area contributed by atoms with Crippen LogP contribution in [0.1, 0.15) is 30.9 Å². The smallest absolute Gasteiger partial charge is 0.224 e. The molecule has 3 rings (SSSR count). The summed E-state index contributed by atoms with van der Waals surface area (Å²) < 4.78 is 5.62. The van der Waals surface area contributed by atoms with Gasteiger partial charge < -0.3 is 15.4 Å². The van der Waals surface area contributed by atoms with Crippen molar-refractivity contribution < 1.29 is 9.53 Å². The number of nitrogens with one attached hydrogen (secondary N) is 2. The van der Waals surface area contributed by atoms with Gasteiger partial charge in [0.1, 0.15) is 5.75 Å². The minimum atomic E-state index is 0. The lowest BCUT2D eigenvalue weighted by Gasteiger charge is -2.30. The van der Waals surface area contributed by atoms with Crippen LogP contribution < -0.4 is 15.4 Å². The van der Waals surface area contributed by atoms with E-state index in [0.29, 0.717) is 17.4 Å². The Morgan fingerprint density at radius 2 is 2.24 bits per heavy atom. The van der Waals surface area contributed by atoms with E-state index in [1.807, 2.05) is 18.2 Å². The van der Waals surface area contributed by atoms with Gasteiger partial charge in [-0.3, -0.25) is 4.79 Å². The first-order chi connectivity index (χ1) is 9.75. The van der Waals surface area contributed by atoms with Crippen LogP contribution in [0.25, 0.3) is 0 Å². The predicted molar refractivity (Wildman–Crippen MR) is 85.3 cm³/mol. The molecular weight excluding hydrogens is 311 g/mol. The summed E-state index contributed by atoms with van der Waals surface area (Å²) in [5.41, 5.74) is 0.987. The van der Waals surface area contributed by atoms with Gasteiger partial charge in [-0.1, -0.05) is 23.7 Å². The average molecular weight is 331 g/mol. The van der Waals surface area contributed by atoms with Crippen LogP contribution in [0.15, 0.2) is 18.2 Å². The van der Waals surface area contributed by atoms with E-state index >= 15 is 0 Å². The highest BCUT2D eigenvalue weighted by Crippen LogP contribution is 2.37. The third-order valence-electron chi connectivity index (χ3n) is 4.01. The molecule has 116 valence electrons. The van der Waals surface area contributed by atoms with E-state index in [1.54, 1.807) is 0 Å². The van der Waals surface area contributed by atoms with Gasteiger partial charge in [0, 0.05) is 18.5 Å². The third-order valence-corrected chi connectivity index (χ3v) is 4.31. The van der Waals surface area contributed by atoms with Gasteiger partial charge in [-0.15, -0.1) is 12.4 Å². The van der Waals surface area contributed by atoms with Gasteiger partial charge in [0.25, 0.3) is 0 Å². The van der Waals surface area contributed by atoms with Gasteiger partial charge in [0.05, 0.1) is 23.6 Å². The number of hydrogen-bond acceptors (Lipinski definition) is 3. The number of hydrogen-bond donors (Lipinski definition) is 2. The summed E-state index contributed by atoms with van der Waals surface area (Å²) in [7, 11) is 0. The number of ether oxygens (including phenoxy) is 1. The Hall–Kier alpha value is -0.970. The van der Waals surface area contributed by atoms with Crippen LogP contribution in [0, 0.1) is 5.92 Å². The molecule has 2 heterocycles. The zero-order chi connectivity index (χ0) is 13.9. The number of fused-ring (bicyclic) bond motifs is 1. The molecule has 4 nitrogen and oxygen atoms in total. The molecule has 0 saturated carbocycles. The highest BCUT2D eigenvalue weighted by molar-refractivity contribution is 6.32. The minimum absolute atomic E-state index is 0. The monoisotopic (exact) mass is 330 g/mol. The minimum Gasteiger partial charge on any atom is -0.492 e. The lowest BCUT2D eigenvalue weighted by atomic mass is 9.96. The molecule has 2 aliphatic rings. The maximum absolute atomic E-state index is 12.3. The van der Waals surface area contributed by atoms with E-state index in [4.69, 9.17) is 16.3 Å². The number of piperidine rings is 1. The predicted octanol–water partition coefficient (Wildman–Crippen LogP) is 2.70. The fourth-order valence-corrected chi connectivity index (χ4v) is 3.14. The number of amides is 1. The number of halogens is 2. The lowest BCUT2D eigenvalue weighted by molar-refractivity contribution is -0.126. The third kappa shape index (κ3) is 3.62. The second kappa shape index (κ2) is 7.34. The van der Waals surface area contributed by atoms with E-state index in [9.17, 15) is 4.79 Å². The molecule has 2 atom stereocenters. The maximum atomic E-state index is 12.3. The van der Waals surface area contributed by atoms with Crippen molar-refractivity contribution in [1.82, 2.24) is 10.6 Å². The Morgan fingerprint density at radius 1 is 1.38 bits per heavy atom. The summed E-state index contributed by atoms with van der Waals surface area (Å²) in [6.07, 6.45) is 2.82. The molecule has 1 aromatic carbocycles. The van der Waals surface area contributed by atoms with Gasteiger partial charge in [0.15, 0.2) is 0 Å². The second-order valence-corrected chi connectivity index (χ2v) is 5.81. The second-order valence-electron chi connectivity index (χ2n) is 5.40. The van der Waals surface area contributed by atoms with Gasteiger partial charge in [0.2, 0.25) is 5.91 Å². The van der Waals surface area contributed by atoms with E-state index in [0.717, 1.165) is 37.9 Å². The first-order valence-corrected chi connectivity index (χ1v) is 7.56. The van der Waals surface area contributed by atoms with E-state index in [1.165, 1.54) is 0 Å². The molecule has 0 radical (unpaired) electrons. The summed E-state index contributed by atoms with van der Waals surface area (Å²) in [5.74, 6) is 0.928. The number of carbonyl (C=O) groups excluding carboxylic acids is 1. The number of rotatable bonds is 2. The van der Waals surface area contributed by atoms with E-state index in [-0.39, 0.29) is 30.3 Å². The van der Waals surface area contributed by atoms with Crippen molar-refractivity contribution in [1.29, 1.82) is 0 Å². The molecule has 1 aromatic rings. The molecule has 0 aliphatic carbocycles. The summed E-state index contributed by atoms with van der Waals surface area (Å²) in [6.45, 7) is 2.38. The van der Waals surface area contributed by atoms with Crippen molar-refractivity contribution in [2.45, 2.75) is 25.3 Å². The van der Waals surface area contributed by atoms with Gasteiger partial charge in [-0.2, -0.15) is 0 Å². The van der Waals surface area contributed by atoms with Gasteiger partial charge >= 0.3 is 0 Å². The Kier molecular flexibility index (Phi) is 5.73. The maximum Gasteiger partial charge on any atom is 0.224 e. The largest absolute Gasteiger partial charge is 0.492 e. The summed E-state index contributed by atoms with van der Waals surface area (Å²) in [6, 6.07) is 5.70. The molecule has 1 saturated heterocycles. The lowest BCUT2D eigenvalue weighted by Crippen LogP contribution is -2.42. The molecule has 1 fully saturated rings. The Bertz CT molecular complexity index is 504. The molecule has 2 unspecified atom stereocenters. The summed E-state index contributed by atoms with van der Waals surface area (Å²) in [5, 5.41) is 7.04. The molecule has 21 heavy (non-hydrogen) atoms. The SMILES string of the molecule is Cl.O=C(NC1CCOc2c(Cl)cccc21)C1CCCNC1. The Balaban J connectivity index is 0.00000161. The molecule has 6 heteroatoms. The van der Waals surface area contributed by atoms with Crippen LogP contribution in [0.4, 0.5) is 0 Å². The van der Waals surface area contributed by atoms with Gasteiger partial charge in [-0.25, -0.2) is 0 Å². The van der Waals surface area contributed by atoms with Crippen molar-refractivity contribution >= 4 is 29.9 Å². The average Bonchev–Trinajstić information content (AvgIpc) is 2.49. The highest BCUT2D eigenvalue weighted by Gasteiger charge is 2.28. The summed E-state index contributed by atoms with van der Waals surface area (Å²) >= 11 is 6.15. The van der Waals surface area contributed by atoms with Crippen LogP contribution in [-0.2, 0) is 4.79 Å². The summed E-state index contributed by atoms with van der Waals surface area (Å²) in [4.78, 5) is 12.3. The van der Waals surface area contributed by atoms with Crippen molar-refractivity contribution in [2.24, 2.45) is 5.92 Å². The van der Waals surface area contributed by atoms with Crippen LogP contribution in [0.3, 0.4) is 0 Å². The Morgan fingerprint density at radius 3 is 3.00 bits per heavy atom. The zero-order valence-electron chi connectivity index (χ0n) is 11.7. The molecular formula is C15H20Cl2N2O2. The van der Waals surface area contributed by atoms with Crippen molar-refractivity contribution in [3.05, 3.63) is 28.8 Å². The first kappa shape index (κ1) is 16.4. The first-order valence-electron chi connectivity index (χ1n) is 7.18. The quantitative estimate of drug-likeness (QED) is 0.876. The van der Waals surface area contributed by atoms with E-state index < -0.39 is 0 Å². The van der Waals surface area contributed by atoms with Crippen LogP contribution in [0.5, 0.6) is 5.75 Å². The molecule has 2 aliphatic heterocycles. The van der Waals surface area contributed by atoms with Crippen molar-refractivity contribution in [2.75, 3.05) is 19.7 Å².